The molecule has 0 saturated carbocycles. The molecular formula is C9H12ClN3O. The van der Waals surface area contributed by atoms with Crippen LogP contribution in [0.4, 0.5) is 16.2 Å². The summed E-state index contributed by atoms with van der Waals surface area (Å²) in [5.74, 6) is 0. The van der Waals surface area contributed by atoms with Gasteiger partial charge in [-0.05, 0) is 18.2 Å². The molecule has 5 heteroatoms. The summed E-state index contributed by atoms with van der Waals surface area (Å²) in [5.41, 5.74) is 6.63. The van der Waals surface area contributed by atoms with Gasteiger partial charge in [-0.1, -0.05) is 11.6 Å². The van der Waals surface area contributed by atoms with Crippen LogP contribution >= 0.6 is 11.6 Å². The SMILES string of the molecule is CN(C)C(=O)Nc1ccc(N)cc1Cl. The third-order valence-corrected chi connectivity index (χ3v) is 1.95. The van der Waals surface area contributed by atoms with Crippen LogP contribution in [0, 0.1) is 0 Å². The number of nitrogens with zero attached hydrogens (tertiary/aromatic N) is 1. The van der Waals surface area contributed by atoms with E-state index in [2.05, 4.69) is 5.32 Å². The fourth-order valence-electron chi connectivity index (χ4n) is 0.860. The largest absolute Gasteiger partial charge is 0.399 e. The zero-order valence-corrected chi connectivity index (χ0v) is 8.80. The van der Waals surface area contributed by atoms with E-state index < -0.39 is 0 Å². The predicted octanol–water partition coefficient (Wildman–Crippen LogP) is 2.02. The molecule has 2 amide bonds. The number of rotatable bonds is 1. The maximum atomic E-state index is 11.3. The molecule has 0 bridgehead atoms. The van der Waals surface area contributed by atoms with Gasteiger partial charge in [-0.2, -0.15) is 0 Å². The van der Waals surface area contributed by atoms with E-state index in [4.69, 9.17) is 17.3 Å². The second-order valence-corrected chi connectivity index (χ2v) is 3.47. The topological polar surface area (TPSA) is 58.4 Å². The van der Waals surface area contributed by atoms with Crippen molar-refractivity contribution >= 4 is 29.0 Å². The lowest BCUT2D eigenvalue weighted by Crippen LogP contribution is -2.27. The number of nitrogens with one attached hydrogen (secondary N) is 1. The Kier molecular flexibility index (Phi) is 3.19. The van der Waals surface area contributed by atoms with E-state index in [0.717, 1.165) is 0 Å². The molecule has 3 N–H and O–H groups in total. The van der Waals surface area contributed by atoms with Gasteiger partial charge in [0.05, 0.1) is 10.7 Å². The van der Waals surface area contributed by atoms with E-state index in [0.29, 0.717) is 16.4 Å². The van der Waals surface area contributed by atoms with Gasteiger partial charge in [-0.25, -0.2) is 4.79 Å². The quantitative estimate of drug-likeness (QED) is 0.702. The number of benzene rings is 1. The molecule has 0 unspecified atom stereocenters. The predicted molar refractivity (Wildman–Crippen MR) is 58.6 cm³/mol. The van der Waals surface area contributed by atoms with Crippen molar-refractivity contribution in [3.8, 4) is 0 Å². The third kappa shape index (κ3) is 2.53. The van der Waals surface area contributed by atoms with E-state index in [1.54, 1.807) is 32.3 Å². The lowest BCUT2D eigenvalue weighted by molar-refractivity contribution is 0.230. The van der Waals surface area contributed by atoms with Crippen molar-refractivity contribution in [2.24, 2.45) is 0 Å². The van der Waals surface area contributed by atoms with Crippen LogP contribution in [0.25, 0.3) is 0 Å². The number of hydrogen-bond acceptors (Lipinski definition) is 2. The van der Waals surface area contributed by atoms with Crippen molar-refractivity contribution in [2.75, 3.05) is 25.1 Å². The third-order valence-electron chi connectivity index (χ3n) is 1.64. The highest BCUT2D eigenvalue weighted by atomic mass is 35.5. The van der Waals surface area contributed by atoms with Gasteiger partial charge >= 0.3 is 6.03 Å². The van der Waals surface area contributed by atoms with Crippen molar-refractivity contribution in [2.45, 2.75) is 0 Å². The van der Waals surface area contributed by atoms with Crippen molar-refractivity contribution in [3.63, 3.8) is 0 Å². The standard InChI is InChI=1S/C9H12ClN3O/c1-13(2)9(14)12-8-4-3-6(11)5-7(8)10/h3-5H,11H2,1-2H3,(H,12,14). The van der Waals surface area contributed by atoms with Crippen LogP contribution in [-0.2, 0) is 0 Å². The number of amides is 2. The first kappa shape index (κ1) is 10.7. The average molecular weight is 214 g/mol. The van der Waals surface area contributed by atoms with E-state index in [9.17, 15) is 4.79 Å². The number of carbonyl (C=O) groups excluding carboxylic acids is 1. The van der Waals surface area contributed by atoms with Crippen molar-refractivity contribution in [1.29, 1.82) is 0 Å². The van der Waals surface area contributed by atoms with Gasteiger partial charge in [0, 0.05) is 19.8 Å². The summed E-state index contributed by atoms with van der Waals surface area (Å²) >= 11 is 5.87. The number of nitrogen functional groups attached to an aromatic ring is 1. The van der Waals surface area contributed by atoms with Crippen LogP contribution in [0.2, 0.25) is 5.02 Å². The van der Waals surface area contributed by atoms with E-state index >= 15 is 0 Å². The molecule has 0 saturated heterocycles. The maximum Gasteiger partial charge on any atom is 0.321 e. The molecule has 0 aliphatic heterocycles. The fourth-order valence-corrected chi connectivity index (χ4v) is 1.10. The Hall–Kier alpha value is -1.42. The zero-order chi connectivity index (χ0) is 10.7. The molecule has 0 aliphatic carbocycles. The van der Waals surface area contributed by atoms with Gasteiger partial charge in [0.15, 0.2) is 0 Å². The van der Waals surface area contributed by atoms with Crippen molar-refractivity contribution in [1.82, 2.24) is 4.90 Å². The molecule has 0 spiro atoms. The summed E-state index contributed by atoms with van der Waals surface area (Å²) < 4.78 is 0. The van der Waals surface area contributed by atoms with Crippen LogP contribution in [-0.4, -0.2) is 25.0 Å². The van der Waals surface area contributed by atoms with E-state index in [1.807, 2.05) is 0 Å². The lowest BCUT2D eigenvalue weighted by atomic mass is 10.3. The number of hydrogen-bond donors (Lipinski definition) is 2. The van der Waals surface area contributed by atoms with E-state index in [-0.39, 0.29) is 6.03 Å². The van der Waals surface area contributed by atoms with Gasteiger partial charge in [0.1, 0.15) is 0 Å². The minimum absolute atomic E-state index is 0.225. The molecule has 0 aliphatic rings. The van der Waals surface area contributed by atoms with Crippen LogP contribution in [0.3, 0.4) is 0 Å². The van der Waals surface area contributed by atoms with Crippen LogP contribution < -0.4 is 11.1 Å². The maximum absolute atomic E-state index is 11.3. The molecule has 1 rings (SSSR count). The molecule has 1 aromatic carbocycles. The highest BCUT2D eigenvalue weighted by Crippen LogP contribution is 2.23. The minimum Gasteiger partial charge on any atom is -0.399 e. The Balaban J connectivity index is 2.82. The van der Waals surface area contributed by atoms with Gasteiger partial charge < -0.3 is 16.0 Å². The molecule has 0 heterocycles. The molecule has 14 heavy (non-hydrogen) atoms. The summed E-state index contributed by atoms with van der Waals surface area (Å²) in [4.78, 5) is 12.7. The first-order chi connectivity index (χ1) is 6.50. The Morgan fingerprint density at radius 3 is 2.64 bits per heavy atom. The van der Waals surface area contributed by atoms with Crippen molar-refractivity contribution < 1.29 is 4.79 Å². The van der Waals surface area contributed by atoms with Crippen molar-refractivity contribution in [3.05, 3.63) is 23.2 Å². The van der Waals surface area contributed by atoms with Gasteiger partial charge in [-0.15, -0.1) is 0 Å². The average Bonchev–Trinajstić information content (AvgIpc) is 2.09. The Bertz CT molecular complexity index is 352. The number of halogens is 1. The molecular weight excluding hydrogens is 202 g/mol. The summed E-state index contributed by atoms with van der Waals surface area (Å²) in [7, 11) is 3.31. The molecule has 76 valence electrons. The molecule has 0 fully saturated rings. The van der Waals surface area contributed by atoms with Gasteiger partial charge in [0.25, 0.3) is 0 Å². The Morgan fingerprint density at radius 2 is 2.14 bits per heavy atom. The highest BCUT2D eigenvalue weighted by Gasteiger charge is 2.06. The van der Waals surface area contributed by atoms with Gasteiger partial charge in [0.2, 0.25) is 0 Å². The van der Waals surface area contributed by atoms with E-state index in [1.165, 1.54) is 4.90 Å². The number of anilines is 2. The van der Waals surface area contributed by atoms with Crippen LogP contribution in [0.5, 0.6) is 0 Å². The highest BCUT2D eigenvalue weighted by molar-refractivity contribution is 6.34. The normalized spacial score (nSPS) is 9.64. The Labute approximate surface area is 87.6 Å². The number of nitrogens with two attached hydrogens (primary N) is 1. The molecule has 0 atom stereocenters. The molecule has 0 radical (unpaired) electrons. The van der Waals surface area contributed by atoms with Crippen LogP contribution in [0.1, 0.15) is 0 Å². The fraction of sp³-hybridized carbons (Fsp3) is 0.222. The summed E-state index contributed by atoms with van der Waals surface area (Å²) in [5, 5.41) is 3.07. The summed E-state index contributed by atoms with van der Waals surface area (Å²) in [6.07, 6.45) is 0. The first-order valence-corrected chi connectivity index (χ1v) is 4.42. The first-order valence-electron chi connectivity index (χ1n) is 4.04. The summed E-state index contributed by atoms with van der Waals surface area (Å²) in [6, 6.07) is 4.71. The Morgan fingerprint density at radius 1 is 1.50 bits per heavy atom. The number of carbonyl (C=O) groups is 1. The molecule has 4 nitrogen and oxygen atoms in total. The lowest BCUT2D eigenvalue weighted by Gasteiger charge is -2.13. The summed E-state index contributed by atoms with van der Waals surface area (Å²) in [6.45, 7) is 0. The second-order valence-electron chi connectivity index (χ2n) is 3.06. The smallest absolute Gasteiger partial charge is 0.321 e. The van der Waals surface area contributed by atoms with Crippen LogP contribution in [0.15, 0.2) is 18.2 Å². The molecule has 0 aromatic heterocycles. The number of urea groups is 1. The second kappa shape index (κ2) is 4.19. The zero-order valence-electron chi connectivity index (χ0n) is 8.04. The monoisotopic (exact) mass is 213 g/mol. The van der Waals surface area contributed by atoms with Gasteiger partial charge in [-0.3, -0.25) is 0 Å². The molecule has 1 aromatic rings. The minimum atomic E-state index is -0.225.